The van der Waals surface area contributed by atoms with E-state index in [1.165, 1.54) is 12.1 Å². The fraction of sp³-hybridized carbons (Fsp3) is 0.393. The van der Waals surface area contributed by atoms with Gasteiger partial charge in [-0.2, -0.15) is 0 Å². The zero-order valence-electron chi connectivity index (χ0n) is 21.4. The number of benzene rings is 2. The third-order valence-electron chi connectivity index (χ3n) is 7.28. The van der Waals surface area contributed by atoms with Gasteiger partial charge in [-0.05, 0) is 42.7 Å². The Bertz CT molecular complexity index is 1310. The number of amides is 1. The van der Waals surface area contributed by atoms with E-state index in [-0.39, 0.29) is 29.8 Å². The van der Waals surface area contributed by atoms with Gasteiger partial charge in [0.25, 0.3) is 5.91 Å². The summed E-state index contributed by atoms with van der Waals surface area (Å²) < 4.78 is 25.1. The van der Waals surface area contributed by atoms with E-state index in [9.17, 15) is 9.18 Å². The third-order valence-corrected chi connectivity index (χ3v) is 8.04. The summed E-state index contributed by atoms with van der Waals surface area (Å²) in [5.41, 5.74) is 8.38. The SMILES string of the molecule is Nc1nnc(-c2ccc(C(=O)N3CCC(N4CCOCC4)CC3)cc2)cc1OCCc1c(Cl)ccc(F)c1Cl. The van der Waals surface area contributed by atoms with Crippen LogP contribution in [0.1, 0.15) is 28.8 Å². The molecule has 0 unspecified atom stereocenters. The number of ether oxygens (including phenoxy) is 2. The number of halogens is 3. The first-order valence-electron chi connectivity index (χ1n) is 13.0. The molecule has 2 fully saturated rings. The van der Waals surface area contributed by atoms with Crippen molar-refractivity contribution in [2.24, 2.45) is 0 Å². The molecule has 1 aromatic heterocycles. The molecule has 8 nitrogen and oxygen atoms in total. The summed E-state index contributed by atoms with van der Waals surface area (Å²) in [6, 6.07) is 12.2. The molecule has 2 saturated heterocycles. The third kappa shape index (κ3) is 6.44. The molecule has 206 valence electrons. The zero-order valence-corrected chi connectivity index (χ0v) is 22.9. The van der Waals surface area contributed by atoms with Gasteiger partial charge in [-0.3, -0.25) is 9.69 Å². The Hall–Kier alpha value is -2.98. The van der Waals surface area contributed by atoms with Crippen LogP contribution in [0.25, 0.3) is 11.3 Å². The molecule has 2 aliphatic heterocycles. The van der Waals surface area contributed by atoms with Crippen LogP contribution in [0.2, 0.25) is 10.0 Å². The van der Waals surface area contributed by atoms with E-state index in [1.54, 1.807) is 18.2 Å². The Balaban J connectivity index is 1.19. The Morgan fingerprint density at radius 2 is 1.77 bits per heavy atom. The molecule has 0 saturated carbocycles. The molecule has 2 aromatic carbocycles. The summed E-state index contributed by atoms with van der Waals surface area (Å²) in [6.07, 6.45) is 2.24. The molecule has 0 aliphatic carbocycles. The van der Waals surface area contributed by atoms with Crippen molar-refractivity contribution in [2.45, 2.75) is 25.3 Å². The van der Waals surface area contributed by atoms with E-state index in [2.05, 4.69) is 15.1 Å². The number of aromatic nitrogens is 2. The molecule has 5 rings (SSSR count). The van der Waals surface area contributed by atoms with E-state index in [0.29, 0.717) is 33.6 Å². The standard InChI is InChI=1S/C28H30Cl2FN5O3/c29-22-5-6-23(31)26(30)21(22)9-14-39-25-17-24(33-34-27(25)32)18-1-3-19(4-2-18)28(37)36-10-7-20(8-11-36)35-12-15-38-16-13-35/h1-6,17,20H,7-16H2,(H2,32,34). The smallest absolute Gasteiger partial charge is 0.253 e. The summed E-state index contributed by atoms with van der Waals surface area (Å²) in [7, 11) is 0. The van der Waals surface area contributed by atoms with Gasteiger partial charge in [-0.25, -0.2) is 4.39 Å². The number of morpholine rings is 1. The molecule has 0 atom stereocenters. The number of likely N-dealkylation sites (tertiary alicyclic amines) is 1. The molecule has 39 heavy (non-hydrogen) atoms. The molecule has 0 bridgehead atoms. The van der Waals surface area contributed by atoms with Crippen LogP contribution in [0.15, 0.2) is 42.5 Å². The molecule has 3 heterocycles. The first-order valence-corrected chi connectivity index (χ1v) is 13.8. The summed E-state index contributed by atoms with van der Waals surface area (Å²) >= 11 is 12.2. The number of carbonyl (C=O) groups is 1. The summed E-state index contributed by atoms with van der Waals surface area (Å²) in [4.78, 5) is 17.5. The maximum atomic E-state index is 13.8. The van der Waals surface area contributed by atoms with E-state index in [0.717, 1.165) is 57.8 Å². The van der Waals surface area contributed by atoms with Crippen LogP contribution >= 0.6 is 23.2 Å². The van der Waals surface area contributed by atoms with Crippen LogP contribution in [0.4, 0.5) is 10.2 Å². The van der Waals surface area contributed by atoms with Gasteiger partial charge < -0.3 is 20.1 Å². The fourth-order valence-electron chi connectivity index (χ4n) is 5.04. The summed E-state index contributed by atoms with van der Waals surface area (Å²) in [5.74, 6) is -0.0405. The van der Waals surface area contributed by atoms with Gasteiger partial charge in [0.05, 0.1) is 30.5 Å². The lowest BCUT2D eigenvalue weighted by molar-refractivity contribution is 0.00159. The number of rotatable bonds is 7. The second kappa shape index (κ2) is 12.5. The first-order chi connectivity index (χ1) is 18.9. The molecule has 0 radical (unpaired) electrons. The Morgan fingerprint density at radius 3 is 2.49 bits per heavy atom. The van der Waals surface area contributed by atoms with Crippen molar-refractivity contribution in [3.63, 3.8) is 0 Å². The van der Waals surface area contributed by atoms with E-state index in [1.807, 2.05) is 17.0 Å². The van der Waals surface area contributed by atoms with Crippen molar-refractivity contribution in [2.75, 3.05) is 51.7 Å². The molecule has 3 aromatic rings. The summed E-state index contributed by atoms with van der Waals surface area (Å²) in [5, 5.41) is 8.53. The zero-order chi connectivity index (χ0) is 27.4. The topological polar surface area (TPSA) is 93.8 Å². The molecule has 1 amide bonds. The van der Waals surface area contributed by atoms with Gasteiger partial charge in [0.15, 0.2) is 11.6 Å². The minimum atomic E-state index is -0.539. The number of carbonyl (C=O) groups excluding carboxylic acids is 1. The number of piperidine rings is 1. The lowest BCUT2D eigenvalue weighted by atomic mass is 10.0. The van der Waals surface area contributed by atoms with Crippen LogP contribution in [-0.2, 0) is 11.2 Å². The normalized spacial score (nSPS) is 16.8. The molecular weight excluding hydrogens is 544 g/mol. The van der Waals surface area contributed by atoms with Crippen molar-refractivity contribution in [3.05, 3.63) is 69.5 Å². The lowest BCUT2D eigenvalue weighted by Gasteiger charge is -2.40. The highest BCUT2D eigenvalue weighted by Gasteiger charge is 2.28. The van der Waals surface area contributed by atoms with Gasteiger partial charge in [0, 0.05) is 60.9 Å². The molecule has 2 aliphatic rings. The predicted octanol–water partition coefficient (Wildman–Crippen LogP) is 4.73. The number of anilines is 1. The van der Waals surface area contributed by atoms with Crippen LogP contribution < -0.4 is 10.5 Å². The number of hydrogen-bond acceptors (Lipinski definition) is 7. The predicted molar refractivity (Wildman–Crippen MR) is 149 cm³/mol. The van der Waals surface area contributed by atoms with Crippen LogP contribution in [0.3, 0.4) is 0 Å². The van der Waals surface area contributed by atoms with Crippen molar-refractivity contribution in [3.8, 4) is 17.0 Å². The van der Waals surface area contributed by atoms with E-state index < -0.39 is 5.82 Å². The Kier molecular flexibility index (Phi) is 8.82. The van der Waals surface area contributed by atoms with Gasteiger partial charge in [0.1, 0.15) is 5.82 Å². The molecule has 11 heteroatoms. The average Bonchev–Trinajstić information content (AvgIpc) is 2.98. The Labute approximate surface area is 236 Å². The summed E-state index contributed by atoms with van der Waals surface area (Å²) in [6.45, 7) is 5.17. The van der Waals surface area contributed by atoms with Crippen LogP contribution in [-0.4, -0.2) is 77.9 Å². The maximum absolute atomic E-state index is 13.8. The molecule has 2 N–H and O–H groups in total. The van der Waals surface area contributed by atoms with Crippen LogP contribution in [0, 0.1) is 5.82 Å². The second-order valence-electron chi connectivity index (χ2n) is 9.65. The van der Waals surface area contributed by atoms with Crippen molar-refractivity contribution in [1.29, 1.82) is 0 Å². The Morgan fingerprint density at radius 1 is 1.05 bits per heavy atom. The van der Waals surface area contributed by atoms with Crippen molar-refractivity contribution in [1.82, 2.24) is 20.0 Å². The van der Waals surface area contributed by atoms with Gasteiger partial charge in [0.2, 0.25) is 0 Å². The van der Waals surface area contributed by atoms with Crippen LogP contribution in [0.5, 0.6) is 5.75 Å². The highest BCUT2D eigenvalue weighted by molar-refractivity contribution is 6.36. The average molecular weight is 574 g/mol. The molecule has 0 spiro atoms. The minimum Gasteiger partial charge on any atom is -0.489 e. The number of nitrogen functional groups attached to an aromatic ring is 1. The van der Waals surface area contributed by atoms with Gasteiger partial charge in [-0.1, -0.05) is 35.3 Å². The first kappa shape index (κ1) is 27.6. The number of nitrogens with two attached hydrogens (primary N) is 1. The van der Waals surface area contributed by atoms with Gasteiger partial charge in [-0.15, -0.1) is 10.2 Å². The van der Waals surface area contributed by atoms with E-state index >= 15 is 0 Å². The van der Waals surface area contributed by atoms with Crippen molar-refractivity contribution < 1.29 is 18.7 Å². The van der Waals surface area contributed by atoms with Crippen molar-refractivity contribution >= 4 is 34.9 Å². The quantitative estimate of drug-likeness (QED) is 0.408. The highest BCUT2D eigenvalue weighted by atomic mass is 35.5. The number of hydrogen-bond donors (Lipinski definition) is 1. The highest BCUT2D eigenvalue weighted by Crippen LogP contribution is 2.29. The minimum absolute atomic E-state index is 0.0243. The maximum Gasteiger partial charge on any atom is 0.253 e. The van der Waals surface area contributed by atoms with Gasteiger partial charge >= 0.3 is 0 Å². The number of nitrogens with zero attached hydrogens (tertiary/aromatic N) is 4. The monoisotopic (exact) mass is 573 g/mol. The lowest BCUT2D eigenvalue weighted by Crippen LogP contribution is -2.50. The van der Waals surface area contributed by atoms with E-state index in [4.69, 9.17) is 38.4 Å². The molecular formula is C28H30Cl2FN5O3. The fourth-order valence-corrected chi connectivity index (χ4v) is 5.60. The largest absolute Gasteiger partial charge is 0.489 e. The second-order valence-corrected chi connectivity index (χ2v) is 10.4.